The number of unbranched alkanes of at least 4 members (excludes halogenated alkanes) is 2. The molecule has 2 atom stereocenters. The van der Waals surface area contributed by atoms with Crippen molar-refractivity contribution < 1.29 is 24.0 Å². The first-order valence-corrected chi connectivity index (χ1v) is 11.2. The van der Waals surface area contributed by atoms with Gasteiger partial charge in [-0.1, -0.05) is 40.5 Å². The van der Waals surface area contributed by atoms with Crippen molar-refractivity contribution in [2.75, 3.05) is 19.8 Å². The zero-order chi connectivity index (χ0) is 21.8. The molecule has 0 heterocycles. The third kappa shape index (κ3) is 11.1. The van der Waals surface area contributed by atoms with Crippen LogP contribution >= 0.6 is 0 Å². The van der Waals surface area contributed by atoms with E-state index in [0.717, 1.165) is 32.1 Å². The zero-order valence-electron chi connectivity index (χ0n) is 20.4. The third-order valence-electron chi connectivity index (χ3n) is 4.56. The van der Waals surface area contributed by atoms with E-state index in [1.54, 1.807) is 0 Å². The Hall–Kier alpha value is -0.200. The van der Waals surface area contributed by atoms with Gasteiger partial charge in [0.25, 0.3) is 0 Å². The lowest BCUT2D eigenvalue weighted by Crippen LogP contribution is -2.57. The van der Waals surface area contributed by atoms with E-state index in [1.165, 1.54) is 0 Å². The van der Waals surface area contributed by atoms with Crippen molar-refractivity contribution in [2.24, 2.45) is 11.3 Å². The van der Waals surface area contributed by atoms with Crippen molar-refractivity contribution in [3.63, 3.8) is 0 Å². The summed E-state index contributed by atoms with van der Waals surface area (Å²) >= 11 is 0. The second kappa shape index (κ2) is 13.2. The van der Waals surface area contributed by atoms with Crippen molar-refractivity contribution in [3.05, 3.63) is 0 Å². The Morgan fingerprint density at radius 3 is 2.00 bits per heavy atom. The second-order valence-corrected chi connectivity index (χ2v) is 9.83. The van der Waals surface area contributed by atoms with Crippen molar-refractivity contribution >= 4 is 0 Å². The Morgan fingerprint density at radius 1 is 0.857 bits per heavy atom. The largest absolute Gasteiger partial charge is 0.378 e. The molecule has 0 aliphatic heterocycles. The zero-order valence-corrected chi connectivity index (χ0v) is 20.4. The van der Waals surface area contributed by atoms with Gasteiger partial charge >= 0.3 is 5.97 Å². The maximum absolute atomic E-state index is 6.39. The lowest BCUT2D eigenvalue weighted by Gasteiger charge is -2.46. The highest BCUT2D eigenvalue weighted by Crippen LogP contribution is 2.41. The number of hydrogen-bond acceptors (Lipinski definition) is 5. The van der Waals surface area contributed by atoms with Crippen LogP contribution in [0.4, 0.5) is 0 Å². The minimum Gasteiger partial charge on any atom is -0.378 e. The van der Waals surface area contributed by atoms with Gasteiger partial charge in [-0.05, 0) is 66.7 Å². The quantitative estimate of drug-likeness (QED) is 0.127. The van der Waals surface area contributed by atoms with E-state index < -0.39 is 17.0 Å². The van der Waals surface area contributed by atoms with Gasteiger partial charge < -0.3 is 14.2 Å². The maximum Gasteiger partial charge on any atom is 0.320 e. The van der Waals surface area contributed by atoms with E-state index in [-0.39, 0.29) is 6.10 Å². The summed E-state index contributed by atoms with van der Waals surface area (Å²) in [7, 11) is 0. The molecule has 5 nitrogen and oxygen atoms in total. The van der Waals surface area contributed by atoms with Crippen LogP contribution in [-0.2, 0) is 24.0 Å². The molecular weight excluding hydrogens is 356 g/mol. The molecule has 2 unspecified atom stereocenters. The molecule has 0 aliphatic carbocycles. The highest BCUT2D eigenvalue weighted by molar-refractivity contribution is 4.83. The highest BCUT2D eigenvalue weighted by atomic mass is 17.3. The normalized spacial score (nSPS) is 16.4. The lowest BCUT2D eigenvalue weighted by atomic mass is 9.90. The van der Waals surface area contributed by atoms with Gasteiger partial charge in [0, 0.05) is 0 Å². The Labute approximate surface area is 174 Å². The van der Waals surface area contributed by atoms with E-state index in [2.05, 4.69) is 34.6 Å². The molecule has 0 spiro atoms. The van der Waals surface area contributed by atoms with Gasteiger partial charge in [0.1, 0.15) is 0 Å². The van der Waals surface area contributed by atoms with E-state index in [1.807, 2.05) is 34.6 Å². The monoisotopic (exact) mass is 404 g/mol. The van der Waals surface area contributed by atoms with E-state index in [4.69, 9.17) is 24.0 Å². The third-order valence-corrected chi connectivity index (χ3v) is 4.56. The first-order valence-electron chi connectivity index (χ1n) is 11.2. The van der Waals surface area contributed by atoms with Crippen LogP contribution in [0, 0.1) is 11.3 Å². The van der Waals surface area contributed by atoms with Crippen LogP contribution in [0.5, 0.6) is 0 Å². The molecule has 0 radical (unpaired) electrons. The summed E-state index contributed by atoms with van der Waals surface area (Å²) in [6.45, 7) is 22.3. The molecule has 0 bridgehead atoms. The Morgan fingerprint density at radius 2 is 1.50 bits per heavy atom. The standard InChI is InChI=1S/C23H48O5/c1-11-13-14-16-25-23(27-21(6,7)8,28-26-17-15-19(3)4)22(9,10)18-24-20(5)12-2/h19-20H,11-18H2,1-10H3. The molecule has 170 valence electrons. The van der Waals surface area contributed by atoms with Gasteiger partial charge in [-0.2, -0.15) is 4.89 Å². The molecular formula is C23H48O5. The maximum atomic E-state index is 6.39. The SMILES string of the molecule is CCCCCOC(OOCCC(C)C)(OC(C)(C)C)C(C)(C)COC(C)CC. The fourth-order valence-electron chi connectivity index (χ4n) is 2.44. The molecule has 5 heteroatoms. The van der Waals surface area contributed by atoms with Crippen LogP contribution in [0.25, 0.3) is 0 Å². The van der Waals surface area contributed by atoms with Gasteiger partial charge in [-0.3, -0.25) is 0 Å². The van der Waals surface area contributed by atoms with E-state index in [9.17, 15) is 0 Å². The minimum absolute atomic E-state index is 0.161. The summed E-state index contributed by atoms with van der Waals surface area (Å²) in [5, 5.41) is 0. The summed E-state index contributed by atoms with van der Waals surface area (Å²) in [6, 6.07) is 0. The molecule has 0 saturated carbocycles. The van der Waals surface area contributed by atoms with Crippen LogP contribution in [-0.4, -0.2) is 37.5 Å². The highest BCUT2D eigenvalue weighted by Gasteiger charge is 2.53. The lowest BCUT2D eigenvalue weighted by molar-refractivity contribution is -0.550. The molecule has 0 amide bonds. The number of hydrogen-bond donors (Lipinski definition) is 0. The first-order chi connectivity index (χ1) is 12.9. The first kappa shape index (κ1) is 27.8. The topological polar surface area (TPSA) is 46.2 Å². The van der Waals surface area contributed by atoms with Crippen LogP contribution in [0.2, 0.25) is 0 Å². The van der Waals surface area contributed by atoms with Crippen LogP contribution in [0.3, 0.4) is 0 Å². The van der Waals surface area contributed by atoms with Crippen molar-refractivity contribution in [2.45, 2.75) is 119 Å². The fourth-order valence-corrected chi connectivity index (χ4v) is 2.44. The van der Waals surface area contributed by atoms with Crippen molar-refractivity contribution in [1.82, 2.24) is 0 Å². The predicted octanol–water partition coefficient (Wildman–Crippen LogP) is 6.50. The Bertz CT molecular complexity index is 389. The smallest absolute Gasteiger partial charge is 0.320 e. The molecule has 0 aliphatic rings. The Balaban J connectivity index is 5.50. The van der Waals surface area contributed by atoms with E-state index >= 15 is 0 Å². The second-order valence-electron chi connectivity index (χ2n) is 9.83. The van der Waals surface area contributed by atoms with Gasteiger partial charge in [0.05, 0.1) is 36.9 Å². The van der Waals surface area contributed by atoms with Gasteiger partial charge in [-0.15, -0.1) is 0 Å². The molecule has 0 aromatic rings. The molecule has 0 fully saturated rings. The van der Waals surface area contributed by atoms with Crippen LogP contribution in [0.15, 0.2) is 0 Å². The van der Waals surface area contributed by atoms with Crippen molar-refractivity contribution in [3.8, 4) is 0 Å². The molecule has 0 saturated heterocycles. The summed E-state index contributed by atoms with van der Waals surface area (Å²) < 4.78 is 18.7. The van der Waals surface area contributed by atoms with Gasteiger partial charge in [0.15, 0.2) is 0 Å². The molecule has 0 rings (SSSR count). The summed E-state index contributed by atoms with van der Waals surface area (Å²) in [5.41, 5.74) is -1.05. The minimum atomic E-state index is -1.34. The Kier molecular flexibility index (Phi) is 13.1. The number of rotatable bonds is 16. The molecule has 28 heavy (non-hydrogen) atoms. The predicted molar refractivity (Wildman–Crippen MR) is 115 cm³/mol. The van der Waals surface area contributed by atoms with Gasteiger partial charge in [-0.25, -0.2) is 4.89 Å². The fraction of sp³-hybridized carbons (Fsp3) is 1.00. The molecule has 0 aromatic carbocycles. The van der Waals surface area contributed by atoms with Crippen molar-refractivity contribution in [1.29, 1.82) is 0 Å². The summed E-state index contributed by atoms with van der Waals surface area (Å²) in [6.07, 6.45) is 5.20. The van der Waals surface area contributed by atoms with Crippen LogP contribution in [0.1, 0.15) is 101 Å². The summed E-state index contributed by atoms with van der Waals surface area (Å²) in [5.74, 6) is -0.808. The summed E-state index contributed by atoms with van der Waals surface area (Å²) in [4.78, 5) is 11.6. The number of ether oxygens (including phenoxy) is 3. The van der Waals surface area contributed by atoms with E-state index in [0.29, 0.717) is 25.7 Å². The molecule has 0 N–H and O–H groups in total. The molecule has 0 aromatic heterocycles. The average molecular weight is 405 g/mol. The van der Waals surface area contributed by atoms with Crippen LogP contribution < -0.4 is 0 Å². The van der Waals surface area contributed by atoms with Gasteiger partial charge in [0.2, 0.25) is 0 Å². The average Bonchev–Trinajstić information content (AvgIpc) is 2.58.